The van der Waals surface area contributed by atoms with Crippen LogP contribution in [-0.4, -0.2) is 14.8 Å². The number of hydrogen-bond acceptors (Lipinski definition) is 5. The van der Waals surface area contributed by atoms with E-state index in [-0.39, 0.29) is 6.04 Å². The van der Waals surface area contributed by atoms with E-state index in [0.29, 0.717) is 6.54 Å². The minimum Gasteiger partial charge on any atom is -0.457 e. The van der Waals surface area contributed by atoms with Gasteiger partial charge in [-0.05, 0) is 38.1 Å². The number of nitrogens with one attached hydrogen (secondary N) is 1. The van der Waals surface area contributed by atoms with E-state index >= 15 is 0 Å². The number of rotatable bonds is 5. The molecule has 0 aliphatic rings. The predicted molar refractivity (Wildman–Crippen MR) is 101 cm³/mol. The average molecular weight is 352 g/mol. The molecule has 6 heteroatoms. The summed E-state index contributed by atoms with van der Waals surface area (Å²) in [6.45, 7) is 4.84. The van der Waals surface area contributed by atoms with E-state index in [4.69, 9.17) is 4.42 Å². The van der Waals surface area contributed by atoms with Crippen molar-refractivity contribution in [3.8, 4) is 10.8 Å². The lowest BCUT2D eigenvalue weighted by molar-refractivity contribution is 0.467. The van der Waals surface area contributed by atoms with E-state index in [2.05, 4.69) is 34.6 Å². The molecular weight excluding hydrogens is 332 g/mol. The van der Waals surface area contributed by atoms with Gasteiger partial charge in [0.15, 0.2) is 10.8 Å². The standard InChI is InChI=1S/C19H20N4OS/c1-12(15-11-23(3)22-13(15)2)20-10-14-8-9-17(24-14)19-21-16-6-4-5-7-18(16)25-19/h4-9,11-12,20H,10H2,1-3H3. The van der Waals surface area contributed by atoms with Gasteiger partial charge < -0.3 is 9.73 Å². The first-order valence-corrected chi connectivity index (χ1v) is 9.10. The molecule has 25 heavy (non-hydrogen) atoms. The number of hydrogen-bond donors (Lipinski definition) is 1. The van der Waals surface area contributed by atoms with Gasteiger partial charge in [0.05, 0.1) is 22.5 Å². The molecule has 4 aromatic rings. The van der Waals surface area contributed by atoms with E-state index in [1.54, 1.807) is 11.3 Å². The Bertz CT molecular complexity index is 980. The van der Waals surface area contributed by atoms with Crippen LogP contribution in [0.1, 0.15) is 30.0 Å². The SMILES string of the molecule is Cc1nn(C)cc1C(C)NCc1ccc(-c2nc3ccccc3s2)o1. The highest BCUT2D eigenvalue weighted by Gasteiger charge is 2.13. The monoisotopic (exact) mass is 352 g/mol. The molecule has 4 rings (SSSR count). The third kappa shape index (κ3) is 3.23. The van der Waals surface area contributed by atoms with E-state index in [0.717, 1.165) is 27.7 Å². The van der Waals surface area contributed by atoms with Crippen LogP contribution in [0, 0.1) is 6.92 Å². The number of furan rings is 1. The van der Waals surface area contributed by atoms with Crippen LogP contribution >= 0.6 is 11.3 Å². The van der Waals surface area contributed by atoms with Crippen LogP contribution in [0.2, 0.25) is 0 Å². The Morgan fingerprint density at radius 3 is 2.84 bits per heavy atom. The molecule has 0 fully saturated rings. The summed E-state index contributed by atoms with van der Waals surface area (Å²) in [5, 5.41) is 8.81. The molecule has 1 aromatic carbocycles. The number of aryl methyl sites for hydroxylation is 2. The van der Waals surface area contributed by atoms with Crippen LogP contribution in [-0.2, 0) is 13.6 Å². The first-order chi connectivity index (χ1) is 12.1. The van der Waals surface area contributed by atoms with Crippen molar-refractivity contribution in [1.29, 1.82) is 0 Å². The topological polar surface area (TPSA) is 55.9 Å². The van der Waals surface area contributed by atoms with Crippen LogP contribution in [0.4, 0.5) is 0 Å². The summed E-state index contributed by atoms with van der Waals surface area (Å²) >= 11 is 1.65. The van der Waals surface area contributed by atoms with Crippen LogP contribution in [0.25, 0.3) is 21.0 Å². The van der Waals surface area contributed by atoms with E-state index in [1.165, 1.54) is 10.3 Å². The lowest BCUT2D eigenvalue weighted by atomic mass is 10.1. The van der Waals surface area contributed by atoms with Gasteiger partial charge >= 0.3 is 0 Å². The van der Waals surface area contributed by atoms with Crippen LogP contribution < -0.4 is 5.32 Å². The fourth-order valence-corrected chi connectivity index (χ4v) is 3.90. The van der Waals surface area contributed by atoms with Crippen molar-refractivity contribution in [2.75, 3.05) is 0 Å². The molecule has 0 aliphatic heterocycles. The van der Waals surface area contributed by atoms with Crippen LogP contribution in [0.3, 0.4) is 0 Å². The molecular formula is C19H20N4OS. The molecule has 0 spiro atoms. The zero-order chi connectivity index (χ0) is 17.4. The molecule has 1 atom stereocenters. The first-order valence-electron chi connectivity index (χ1n) is 8.28. The molecule has 0 saturated heterocycles. The third-order valence-corrected chi connectivity index (χ3v) is 5.32. The molecule has 3 aromatic heterocycles. The van der Waals surface area contributed by atoms with Crippen molar-refractivity contribution >= 4 is 21.6 Å². The normalized spacial score (nSPS) is 12.8. The van der Waals surface area contributed by atoms with Gasteiger partial charge in [-0.25, -0.2) is 4.98 Å². The minimum atomic E-state index is 0.213. The number of para-hydroxylation sites is 1. The number of thiazole rings is 1. The number of nitrogens with zero attached hydrogens (tertiary/aromatic N) is 3. The zero-order valence-corrected chi connectivity index (χ0v) is 15.3. The Hall–Kier alpha value is -2.44. The minimum absolute atomic E-state index is 0.213. The van der Waals surface area contributed by atoms with Crippen LogP contribution in [0.5, 0.6) is 0 Å². The van der Waals surface area contributed by atoms with Gasteiger partial charge in [0.2, 0.25) is 0 Å². The maximum atomic E-state index is 5.99. The maximum absolute atomic E-state index is 5.99. The number of fused-ring (bicyclic) bond motifs is 1. The molecule has 1 N–H and O–H groups in total. The zero-order valence-electron chi connectivity index (χ0n) is 14.5. The first kappa shape index (κ1) is 16.1. The van der Waals surface area contributed by atoms with Crippen LogP contribution in [0.15, 0.2) is 47.0 Å². The van der Waals surface area contributed by atoms with Crippen molar-refractivity contribution in [2.24, 2.45) is 7.05 Å². The number of benzene rings is 1. The Morgan fingerprint density at radius 1 is 1.24 bits per heavy atom. The number of aromatic nitrogens is 3. The molecule has 0 aliphatic carbocycles. The highest BCUT2D eigenvalue weighted by atomic mass is 32.1. The lowest BCUT2D eigenvalue weighted by Gasteiger charge is -2.11. The highest BCUT2D eigenvalue weighted by molar-refractivity contribution is 7.21. The quantitative estimate of drug-likeness (QED) is 0.576. The molecule has 0 saturated carbocycles. The summed E-state index contributed by atoms with van der Waals surface area (Å²) in [6.07, 6.45) is 2.06. The molecule has 1 unspecified atom stereocenters. The van der Waals surface area contributed by atoms with Crippen molar-refractivity contribution in [1.82, 2.24) is 20.1 Å². The third-order valence-electron chi connectivity index (χ3n) is 4.27. The summed E-state index contributed by atoms with van der Waals surface area (Å²) < 4.78 is 9.01. The molecule has 0 radical (unpaired) electrons. The van der Waals surface area contributed by atoms with Crippen molar-refractivity contribution in [3.05, 3.63) is 59.6 Å². The van der Waals surface area contributed by atoms with E-state index in [1.807, 2.05) is 49.0 Å². The second-order valence-electron chi connectivity index (χ2n) is 6.20. The second-order valence-corrected chi connectivity index (χ2v) is 7.23. The summed E-state index contributed by atoms with van der Waals surface area (Å²) in [5.41, 5.74) is 3.27. The van der Waals surface area contributed by atoms with Gasteiger partial charge in [-0.2, -0.15) is 5.10 Å². The summed E-state index contributed by atoms with van der Waals surface area (Å²) in [4.78, 5) is 4.65. The fourth-order valence-electron chi connectivity index (χ4n) is 2.97. The van der Waals surface area contributed by atoms with Crippen molar-refractivity contribution < 1.29 is 4.42 Å². The Morgan fingerprint density at radius 2 is 2.08 bits per heavy atom. The molecule has 5 nitrogen and oxygen atoms in total. The molecule has 128 valence electrons. The van der Waals surface area contributed by atoms with Crippen molar-refractivity contribution in [3.63, 3.8) is 0 Å². The predicted octanol–water partition coefficient (Wildman–Crippen LogP) is 4.45. The smallest absolute Gasteiger partial charge is 0.163 e. The molecule has 0 bridgehead atoms. The lowest BCUT2D eigenvalue weighted by Crippen LogP contribution is -2.18. The van der Waals surface area contributed by atoms with Gasteiger partial charge in [-0.3, -0.25) is 4.68 Å². The summed E-state index contributed by atoms with van der Waals surface area (Å²) in [7, 11) is 1.94. The van der Waals surface area contributed by atoms with Gasteiger partial charge in [0.25, 0.3) is 0 Å². The fraction of sp³-hybridized carbons (Fsp3) is 0.263. The molecule has 0 amide bonds. The van der Waals surface area contributed by atoms with Gasteiger partial charge in [-0.1, -0.05) is 12.1 Å². The van der Waals surface area contributed by atoms with Gasteiger partial charge in [0, 0.05) is 24.8 Å². The maximum Gasteiger partial charge on any atom is 0.163 e. The highest BCUT2D eigenvalue weighted by Crippen LogP contribution is 2.31. The largest absolute Gasteiger partial charge is 0.457 e. The van der Waals surface area contributed by atoms with Gasteiger partial charge in [0.1, 0.15) is 5.76 Å². The second kappa shape index (κ2) is 6.46. The average Bonchev–Trinajstić information content (AvgIpc) is 3.29. The van der Waals surface area contributed by atoms with E-state index < -0.39 is 0 Å². The van der Waals surface area contributed by atoms with Crippen molar-refractivity contribution in [2.45, 2.75) is 26.4 Å². The van der Waals surface area contributed by atoms with E-state index in [9.17, 15) is 0 Å². The summed E-state index contributed by atoms with van der Waals surface area (Å²) in [6, 6.07) is 12.4. The van der Waals surface area contributed by atoms with Gasteiger partial charge in [-0.15, -0.1) is 11.3 Å². The molecule has 3 heterocycles. The Labute approximate surface area is 150 Å². The Balaban J connectivity index is 1.47. The Kier molecular flexibility index (Phi) is 4.15. The summed E-state index contributed by atoms with van der Waals surface area (Å²) in [5.74, 6) is 1.73.